The minimum absolute atomic E-state index is 0.0357. The van der Waals surface area contributed by atoms with E-state index in [4.69, 9.17) is 0 Å². The fraction of sp³-hybridized carbons (Fsp3) is 0.273. The summed E-state index contributed by atoms with van der Waals surface area (Å²) in [7, 11) is 0. The first-order valence-electron chi connectivity index (χ1n) is 4.41. The maximum Gasteiger partial charge on any atom is 0.417 e. The zero-order valence-electron chi connectivity index (χ0n) is 8.16. The highest BCUT2D eigenvalue weighted by atomic mass is 19.4. The molecule has 0 bridgehead atoms. The van der Waals surface area contributed by atoms with Crippen molar-refractivity contribution in [3.05, 3.63) is 41.7 Å². The first kappa shape index (κ1) is 11.8. The van der Waals surface area contributed by atoms with E-state index in [0.29, 0.717) is 18.1 Å². The van der Waals surface area contributed by atoms with Crippen LogP contribution in [0.25, 0.3) is 5.57 Å². The van der Waals surface area contributed by atoms with E-state index in [1.165, 1.54) is 0 Å². The lowest BCUT2D eigenvalue weighted by Gasteiger charge is -2.13. The van der Waals surface area contributed by atoms with E-state index in [1.54, 1.807) is 6.92 Å². The third-order valence-electron chi connectivity index (χ3n) is 2.09. The summed E-state index contributed by atoms with van der Waals surface area (Å²) >= 11 is 0. The van der Waals surface area contributed by atoms with Crippen LogP contribution in [0, 0.1) is 5.82 Å². The van der Waals surface area contributed by atoms with E-state index >= 15 is 0 Å². The van der Waals surface area contributed by atoms with Gasteiger partial charge in [0.1, 0.15) is 5.82 Å². The van der Waals surface area contributed by atoms with Gasteiger partial charge in [-0.05, 0) is 29.7 Å². The highest BCUT2D eigenvalue weighted by Gasteiger charge is 2.34. The Hall–Kier alpha value is -1.32. The summed E-state index contributed by atoms with van der Waals surface area (Å²) in [6.07, 6.45) is -4.15. The Morgan fingerprint density at radius 2 is 1.93 bits per heavy atom. The Morgan fingerprint density at radius 3 is 2.40 bits per heavy atom. The normalized spacial score (nSPS) is 11.5. The lowest BCUT2D eigenvalue weighted by molar-refractivity contribution is -0.138. The molecule has 0 amide bonds. The number of allylic oxidation sites excluding steroid dienone is 1. The summed E-state index contributed by atoms with van der Waals surface area (Å²) in [4.78, 5) is 0. The standard InChI is InChI=1S/C11H10F4/c1-3-7(2)9-5-4-8(12)6-10(9)11(13,14)15/h4-6H,2-3H2,1H3. The van der Waals surface area contributed by atoms with Gasteiger partial charge in [-0.1, -0.05) is 19.6 Å². The van der Waals surface area contributed by atoms with Crippen LogP contribution in [0.1, 0.15) is 24.5 Å². The molecule has 0 saturated carbocycles. The molecule has 0 N–H and O–H groups in total. The third-order valence-corrected chi connectivity index (χ3v) is 2.09. The van der Waals surface area contributed by atoms with Crippen LogP contribution in [0.2, 0.25) is 0 Å². The molecule has 0 radical (unpaired) electrons. The molecule has 0 spiro atoms. The van der Waals surface area contributed by atoms with Gasteiger partial charge in [-0.2, -0.15) is 13.2 Å². The smallest absolute Gasteiger partial charge is 0.207 e. The zero-order chi connectivity index (χ0) is 11.6. The van der Waals surface area contributed by atoms with Crippen molar-refractivity contribution in [1.82, 2.24) is 0 Å². The van der Waals surface area contributed by atoms with Crippen LogP contribution < -0.4 is 0 Å². The van der Waals surface area contributed by atoms with Gasteiger partial charge in [-0.25, -0.2) is 4.39 Å². The summed E-state index contributed by atoms with van der Waals surface area (Å²) in [6, 6.07) is 2.62. The van der Waals surface area contributed by atoms with E-state index in [0.717, 1.165) is 12.1 Å². The van der Waals surface area contributed by atoms with Crippen molar-refractivity contribution in [3.8, 4) is 0 Å². The summed E-state index contributed by atoms with van der Waals surface area (Å²) in [5, 5.41) is 0. The molecule has 1 aromatic carbocycles. The maximum atomic E-state index is 12.7. The molecule has 1 aromatic rings. The number of rotatable bonds is 2. The number of halogens is 4. The lowest BCUT2D eigenvalue weighted by Crippen LogP contribution is -2.09. The van der Waals surface area contributed by atoms with Crippen LogP contribution in [0.3, 0.4) is 0 Å². The Morgan fingerprint density at radius 1 is 1.33 bits per heavy atom. The predicted molar refractivity (Wildman–Crippen MR) is 50.7 cm³/mol. The van der Waals surface area contributed by atoms with Crippen LogP contribution in [0.15, 0.2) is 24.8 Å². The van der Waals surface area contributed by atoms with Crippen molar-refractivity contribution in [1.29, 1.82) is 0 Å². The molecule has 0 aliphatic carbocycles. The molecular weight excluding hydrogens is 208 g/mol. The molecule has 0 heterocycles. The SMILES string of the molecule is C=C(CC)c1ccc(F)cc1C(F)(F)F. The van der Waals surface area contributed by atoms with Crippen LogP contribution in [-0.4, -0.2) is 0 Å². The molecule has 0 fully saturated rings. The zero-order valence-corrected chi connectivity index (χ0v) is 8.16. The molecule has 82 valence electrons. The molecule has 0 atom stereocenters. The van der Waals surface area contributed by atoms with Crippen LogP contribution >= 0.6 is 0 Å². The van der Waals surface area contributed by atoms with Crippen molar-refractivity contribution >= 4 is 5.57 Å². The van der Waals surface area contributed by atoms with Crippen LogP contribution in [0.5, 0.6) is 0 Å². The lowest BCUT2D eigenvalue weighted by atomic mass is 9.99. The maximum absolute atomic E-state index is 12.7. The summed E-state index contributed by atoms with van der Waals surface area (Å²) in [5.41, 5.74) is -0.650. The van der Waals surface area contributed by atoms with Crippen molar-refractivity contribution in [2.45, 2.75) is 19.5 Å². The minimum atomic E-state index is -4.55. The van der Waals surface area contributed by atoms with Crippen molar-refractivity contribution in [2.24, 2.45) is 0 Å². The Bertz CT molecular complexity index is 377. The minimum Gasteiger partial charge on any atom is -0.207 e. The molecular formula is C11H10F4. The molecule has 1 rings (SSSR count). The van der Waals surface area contributed by atoms with E-state index in [9.17, 15) is 17.6 Å². The summed E-state index contributed by atoms with van der Waals surface area (Å²) in [5.74, 6) is -0.894. The monoisotopic (exact) mass is 218 g/mol. The number of benzene rings is 1. The second-order valence-electron chi connectivity index (χ2n) is 3.14. The Kier molecular flexibility index (Phi) is 3.17. The third kappa shape index (κ3) is 2.58. The Labute approximate surface area is 85.2 Å². The van der Waals surface area contributed by atoms with Gasteiger partial charge in [-0.3, -0.25) is 0 Å². The van der Waals surface area contributed by atoms with Crippen molar-refractivity contribution in [3.63, 3.8) is 0 Å². The Balaban J connectivity index is 3.33. The van der Waals surface area contributed by atoms with Crippen molar-refractivity contribution in [2.75, 3.05) is 0 Å². The molecule has 0 nitrogen and oxygen atoms in total. The average Bonchev–Trinajstić information content (AvgIpc) is 2.15. The highest BCUT2D eigenvalue weighted by molar-refractivity contribution is 5.66. The predicted octanol–water partition coefficient (Wildman–Crippen LogP) is 4.27. The molecule has 0 aliphatic rings. The molecule has 0 unspecified atom stereocenters. The van der Waals surface area contributed by atoms with Gasteiger partial charge in [0.2, 0.25) is 0 Å². The summed E-state index contributed by atoms with van der Waals surface area (Å²) in [6.45, 7) is 5.23. The van der Waals surface area contributed by atoms with Gasteiger partial charge in [0.25, 0.3) is 0 Å². The van der Waals surface area contributed by atoms with Gasteiger partial charge in [0.05, 0.1) is 5.56 Å². The molecule has 0 aliphatic heterocycles. The largest absolute Gasteiger partial charge is 0.417 e. The molecule has 15 heavy (non-hydrogen) atoms. The second kappa shape index (κ2) is 4.04. The molecule has 4 heteroatoms. The van der Waals surface area contributed by atoms with Crippen molar-refractivity contribution < 1.29 is 17.6 Å². The van der Waals surface area contributed by atoms with Gasteiger partial charge < -0.3 is 0 Å². The number of hydrogen-bond acceptors (Lipinski definition) is 0. The average molecular weight is 218 g/mol. The van der Waals surface area contributed by atoms with Gasteiger partial charge in [0.15, 0.2) is 0 Å². The van der Waals surface area contributed by atoms with Gasteiger partial charge >= 0.3 is 6.18 Å². The molecule has 0 aromatic heterocycles. The quantitative estimate of drug-likeness (QED) is 0.650. The number of alkyl halides is 3. The summed E-state index contributed by atoms with van der Waals surface area (Å²) < 4.78 is 50.3. The highest BCUT2D eigenvalue weighted by Crippen LogP contribution is 2.35. The fourth-order valence-corrected chi connectivity index (χ4v) is 1.25. The van der Waals surface area contributed by atoms with E-state index in [-0.39, 0.29) is 5.56 Å². The van der Waals surface area contributed by atoms with Gasteiger partial charge in [-0.15, -0.1) is 0 Å². The first-order chi connectivity index (χ1) is 6.86. The van der Waals surface area contributed by atoms with E-state index in [2.05, 4.69) is 6.58 Å². The van der Waals surface area contributed by atoms with Gasteiger partial charge in [0, 0.05) is 0 Å². The van der Waals surface area contributed by atoms with E-state index in [1.807, 2.05) is 0 Å². The van der Waals surface area contributed by atoms with Crippen LogP contribution in [-0.2, 0) is 6.18 Å². The second-order valence-corrected chi connectivity index (χ2v) is 3.14. The first-order valence-corrected chi connectivity index (χ1v) is 4.41. The van der Waals surface area contributed by atoms with E-state index < -0.39 is 17.6 Å². The topological polar surface area (TPSA) is 0 Å². The fourth-order valence-electron chi connectivity index (χ4n) is 1.25. The molecule has 0 saturated heterocycles. The van der Waals surface area contributed by atoms with Crippen LogP contribution in [0.4, 0.5) is 17.6 Å². The number of hydrogen-bond donors (Lipinski definition) is 0.